The second-order valence-electron chi connectivity index (χ2n) is 0.690. The molecule has 0 rings (SSSR count). The van der Waals surface area contributed by atoms with E-state index in [0.717, 1.165) is 0 Å². The predicted octanol–water partition coefficient (Wildman–Crippen LogP) is 2.70. The molecule has 0 amide bonds. The van der Waals surface area contributed by atoms with Gasteiger partial charge in [-0.05, 0) is 4.99 Å². The monoisotopic (exact) mass is 188 g/mol. The lowest BCUT2D eigenvalue weighted by molar-refractivity contribution is 1.72. The van der Waals surface area contributed by atoms with E-state index in [-0.39, 0.29) is 0 Å². The Morgan fingerprint density at radius 3 is 2.33 bits per heavy atom. The van der Waals surface area contributed by atoms with E-state index < -0.39 is 0 Å². The zero-order valence-corrected chi connectivity index (χ0v) is 6.02. The standard InChI is InChI=1S/C3H3BrCl2/c4-1-3(6)2-5/h1H,2H2/b3-1+. The maximum absolute atomic E-state index is 5.33. The van der Waals surface area contributed by atoms with Gasteiger partial charge in [-0.1, -0.05) is 27.5 Å². The largest absolute Gasteiger partial charge is 0.121 e. The molecule has 0 atom stereocenters. The first kappa shape index (κ1) is 6.80. The topological polar surface area (TPSA) is 0 Å². The second-order valence-corrected chi connectivity index (χ2v) is 1.90. The molecule has 0 saturated carbocycles. The van der Waals surface area contributed by atoms with Gasteiger partial charge >= 0.3 is 0 Å². The smallest absolute Gasteiger partial charge is 0.0587 e. The average molecular weight is 190 g/mol. The van der Waals surface area contributed by atoms with E-state index in [9.17, 15) is 0 Å². The summed E-state index contributed by atoms with van der Waals surface area (Å²) in [7, 11) is 0. The molecule has 0 N–H and O–H groups in total. The van der Waals surface area contributed by atoms with Crippen molar-refractivity contribution < 1.29 is 0 Å². The number of hydrogen-bond acceptors (Lipinski definition) is 0. The fraction of sp³-hybridized carbons (Fsp3) is 0.333. The van der Waals surface area contributed by atoms with Crippen molar-refractivity contribution in [3.05, 3.63) is 10.0 Å². The van der Waals surface area contributed by atoms with E-state index >= 15 is 0 Å². The van der Waals surface area contributed by atoms with E-state index in [1.165, 1.54) is 0 Å². The van der Waals surface area contributed by atoms with Crippen LogP contribution in [0.2, 0.25) is 0 Å². The minimum atomic E-state index is 0.382. The molecule has 0 aromatic heterocycles. The Morgan fingerprint density at radius 2 is 2.33 bits per heavy atom. The van der Waals surface area contributed by atoms with Gasteiger partial charge in [0.15, 0.2) is 0 Å². The Labute approximate surface area is 55.3 Å². The first-order valence-corrected chi connectivity index (χ1v) is 3.14. The van der Waals surface area contributed by atoms with Crippen molar-refractivity contribution in [1.82, 2.24) is 0 Å². The number of halogens is 3. The van der Waals surface area contributed by atoms with Crippen molar-refractivity contribution in [1.29, 1.82) is 0 Å². The molecule has 0 aromatic carbocycles. The molecule has 0 aliphatic rings. The van der Waals surface area contributed by atoms with E-state index in [1.807, 2.05) is 0 Å². The van der Waals surface area contributed by atoms with Crippen molar-refractivity contribution in [2.75, 3.05) is 5.88 Å². The van der Waals surface area contributed by atoms with Gasteiger partial charge in [-0.15, -0.1) is 11.6 Å². The van der Waals surface area contributed by atoms with Crippen molar-refractivity contribution in [3.8, 4) is 0 Å². The summed E-state index contributed by atoms with van der Waals surface area (Å²) in [5, 5.41) is 0.622. The quantitative estimate of drug-likeness (QED) is 0.557. The number of hydrogen-bond donors (Lipinski definition) is 0. The van der Waals surface area contributed by atoms with Crippen LogP contribution in [-0.2, 0) is 0 Å². The molecule has 0 aromatic rings. The Morgan fingerprint density at radius 1 is 1.83 bits per heavy atom. The summed E-state index contributed by atoms with van der Waals surface area (Å²) in [6.07, 6.45) is 0. The Hall–Kier alpha value is 0.800. The molecular weight excluding hydrogens is 187 g/mol. The Bertz CT molecular complexity index is 59.8. The number of alkyl halides is 1. The molecule has 0 nitrogen and oxygen atoms in total. The average Bonchev–Trinajstić information content (AvgIpc) is 1.65. The highest BCUT2D eigenvalue weighted by molar-refractivity contribution is 9.11. The van der Waals surface area contributed by atoms with E-state index in [2.05, 4.69) is 15.9 Å². The number of rotatable bonds is 1. The molecule has 0 aliphatic carbocycles. The molecule has 0 saturated heterocycles. The molecular formula is C3H3BrCl2. The van der Waals surface area contributed by atoms with Crippen molar-refractivity contribution in [2.24, 2.45) is 0 Å². The first-order valence-electron chi connectivity index (χ1n) is 1.32. The van der Waals surface area contributed by atoms with Gasteiger partial charge in [-0.25, -0.2) is 0 Å². The molecule has 36 valence electrons. The molecule has 0 heterocycles. The summed E-state index contributed by atoms with van der Waals surface area (Å²) in [6, 6.07) is 0. The summed E-state index contributed by atoms with van der Waals surface area (Å²) in [5.74, 6) is 0.382. The van der Waals surface area contributed by atoms with Crippen LogP contribution in [0, 0.1) is 0 Å². The minimum Gasteiger partial charge on any atom is -0.121 e. The summed E-state index contributed by atoms with van der Waals surface area (Å²) >= 11 is 13.6. The molecule has 0 spiro atoms. The van der Waals surface area contributed by atoms with Crippen LogP contribution in [0.25, 0.3) is 0 Å². The Kier molecular flexibility index (Phi) is 4.50. The lowest BCUT2D eigenvalue weighted by Crippen LogP contribution is -1.63. The van der Waals surface area contributed by atoms with Gasteiger partial charge in [0.1, 0.15) is 0 Å². The third-order valence-corrected chi connectivity index (χ3v) is 1.73. The van der Waals surface area contributed by atoms with Gasteiger partial charge < -0.3 is 0 Å². The highest BCUT2D eigenvalue weighted by atomic mass is 79.9. The highest BCUT2D eigenvalue weighted by Crippen LogP contribution is 2.04. The van der Waals surface area contributed by atoms with Gasteiger partial charge in [-0.2, -0.15) is 0 Å². The summed E-state index contributed by atoms with van der Waals surface area (Å²) in [6.45, 7) is 0. The van der Waals surface area contributed by atoms with E-state index in [0.29, 0.717) is 10.9 Å². The normalized spacial score (nSPS) is 12.2. The third-order valence-electron chi connectivity index (χ3n) is 0.246. The van der Waals surface area contributed by atoms with Gasteiger partial charge in [0, 0.05) is 5.03 Å². The zero-order chi connectivity index (χ0) is 4.99. The van der Waals surface area contributed by atoms with E-state index in [4.69, 9.17) is 23.2 Å². The van der Waals surface area contributed by atoms with Crippen LogP contribution in [0.3, 0.4) is 0 Å². The van der Waals surface area contributed by atoms with Crippen LogP contribution in [0.15, 0.2) is 10.0 Å². The lowest BCUT2D eigenvalue weighted by atomic mass is 10.8. The zero-order valence-electron chi connectivity index (χ0n) is 2.92. The van der Waals surface area contributed by atoms with Crippen molar-refractivity contribution in [3.63, 3.8) is 0 Å². The Balaban J connectivity index is 3.22. The third kappa shape index (κ3) is 3.01. The molecule has 3 heteroatoms. The summed E-state index contributed by atoms with van der Waals surface area (Å²) in [4.78, 5) is 1.58. The SMILES string of the molecule is ClC/C(Cl)=C\Br. The highest BCUT2D eigenvalue weighted by Gasteiger charge is 1.80. The molecule has 0 aliphatic heterocycles. The summed E-state index contributed by atoms with van der Waals surface area (Å²) < 4.78 is 0. The predicted molar refractivity (Wildman–Crippen MR) is 33.6 cm³/mol. The first-order chi connectivity index (χ1) is 2.81. The van der Waals surface area contributed by atoms with Crippen LogP contribution in [0.4, 0.5) is 0 Å². The molecule has 6 heavy (non-hydrogen) atoms. The lowest BCUT2D eigenvalue weighted by Gasteiger charge is -1.78. The van der Waals surface area contributed by atoms with Crippen LogP contribution in [0.1, 0.15) is 0 Å². The molecule has 0 fully saturated rings. The molecule has 0 bridgehead atoms. The second kappa shape index (κ2) is 3.97. The summed E-state index contributed by atoms with van der Waals surface area (Å²) in [5.41, 5.74) is 0. The van der Waals surface area contributed by atoms with Crippen LogP contribution in [0.5, 0.6) is 0 Å². The van der Waals surface area contributed by atoms with Crippen LogP contribution < -0.4 is 0 Å². The van der Waals surface area contributed by atoms with Gasteiger partial charge in [0.05, 0.1) is 5.88 Å². The molecule has 0 unspecified atom stereocenters. The van der Waals surface area contributed by atoms with E-state index in [1.54, 1.807) is 4.99 Å². The maximum atomic E-state index is 5.33. The number of allylic oxidation sites excluding steroid dienone is 1. The van der Waals surface area contributed by atoms with Gasteiger partial charge in [0.25, 0.3) is 0 Å². The van der Waals surface area contributed by atoms with Crippen LogP contribution in [-0.4, -0.2) is 5.88 Å². The van der Waals surface area contributed by atoms with Gasteiger partial charge in [-0.3, -0.25) is 0 Å². The fourth-order valence-electron chi connectivity index (χ4n) is 0.0292. The van der Waals surface area contributed by atoms with Crippen LogP contribution >= 0.6 is 39.1 Å². The van der Waals surface area contributed by atoms with Crippen molar-refractivity contribution >= 4 is 39.1 Å². The molecule has 0 radical (unpaired) electrons. The maximum Gasteiger partial charge on any atom is 0.0587 e. The minimum absolute atomic E-state index is 0.382. The fourth-order valence-corrected chi connectivity index (χ4v) is 0.455. The van der Waals surface area contributed by atoms with Crippen molar-refractivity contribution in [2.45, 2.75) is 0 Å². The van der Waals surface area contributed by atoms with Gasteiger partial charge in [0.2, 0.25) is 0 Å².